The van der Waals surface area contributed by atoms with Gasteiger partial charge in [0.05, 0.1) is 25.0 Å². The topological polar surface area (TPSA) is 72.9 Å². The van der Waals surface area contributed by atoms with Gasteiger partial charge in [0.15, 0.2) is 21.3 Å². The molecule has 6 nitrogen and oxygen atoms in total. The van der Waals surface area contributed by atoms with Crippen molar-refractivity contribution < 1.29 is 22.7 Å². The molecule has 0 aromatic heterocycles. The van der Waals surface area contributed by atoms with Crippen molar-refractivity contribution in [2.45, 2.75) is 33.2 Å². The minimum atomic E-state index is -3.33. The number of carbonyl (C=O) groups excluding carboxylic acids is 1. The lowest BCUT2D eigenvalue weighted by Crippen LogP contribution is -2.41. The maximum atomic E-state index is 13.6. The quantitative estimate of drug-likeness (QED) is 0.634. The van der Waals surface area contributed by atoms with Crippen molar-refractivity contribution in [3.05, 3.63) is 65.1 Å². The predicted octanol–water partition coefficient (Wildman–Crippen LogP) is 4.00. The Morgan fingerprint density at radius 1 is 1.03 bits per heavy atom. The Kier molecular flexibility index (Phi) is 6.82. The van der Waals surface area contributed by atoms with Crippen molar-refractivity contribution in [3.8, 4) is 11.5 Å². The number of benzene rings is 2. The third kappa shape index (κ3) is 4.67. The summed E-state index contributed by atoms with van der Waals surface area (Å²) in [6.45, 7) is 6.66. The molecular weight excluding hydrogens is 402 g/mol. The monoisotopic (exact) mass is 429 g/mol. The molecule has 0 unspecified atom stereocenters. The molecule has 0 aliphatic carbocycles. The van der Waals surface area contributed by atoms with Crippen LogP contribution in [0.25, 0.3) is 0 Å². The Morgan fingerprint density at radius 3 is 2.37 bits per heavy atom. The van der Waals surface area contributed by atoms with Crippen molar-refractivity contribution in [2.75, 3.05) is 23.9 Å². The van der Waals surface area contributed by atoms with Crippen LogP contribution in [0.4, 0.5) is 5.69 Å². The van der Waals surface area contributed by atoms with Crippen molar-refractivity contribution >= 4 is 21.4 Å². The van der Waals surface area contributed by atoms with Crippen molar-refractivity contribution in [2.24, 2.45) is 0 Å². The maximum absolute atomic E-state index is 13.6. The number of amides is 1. The first-order valence-corrected chi connectivity index (χ1v) is 11.8. The van der Waals surface area contributed by atoms with Gasteiger partial charge in [0.1, 0.15) is 0 Å². The molecule has 0 bridgehead atoms. The molecule has 1 aliphatic heterocycles. The van der Waals surface area contributed by atoms with E-state index in [9.17, 15) is 13.2 Å². The number of anilines is 1. The summed E-state index contributed by atoms with van der Waals surface area (Å²) in [7, 11) is -3.33. The average Bonchev–Trinajstić information content (AvgIpc) is 3.09. The number of hydrogen-bond acceptors (Lipinski definition) is 5. The van der Waals surface area contributed by atoms with Crippen LogP contribution in [0.3, 0.4) is 0 Å². The second-order valence-corrected chi connectivity index (χ2v) is 8.84. The van der Waals surface area contributed by atoms with Gasteiger partial charge in [-0.05, 0) is 56.2 Å². The predicted molar refractivity (Wildman–Crippen MR) is 118 cm³/mol. The number of rotatable bonds is 8. The van der Waals surface area contributed by atoms with Crippen LogP contribution >= 0.6 is 0 Å². The molecule has 1 heterocycles. The Bertz CT molecular complexity index is 1050. The number of aryl methyl sites for hydroxylation is 1. The Balaban J connectivity index is 2.07. The zero-order valence-electron chi connectivity index (χ0n) is 17.5. The van der Waals surface area contributed by atoms with Gasteiger partial charge in [-0.25, -0.2) is 8.42 Å². The first-order chi connectivity index (χ1) is 14.4. The van der Waals surface area contributed by atoms with E-state index in [1.807, 2.05) is 45.0 Å². The van der Waals surface area contributed by atoms with E-state index in [2.05, 4.69) is 0 Å². The number of ether oxygens (including phenoxy) is 2. The maximum Gasteiger partial charge on any atom is 0.259 e. The average molecular weight is 430 g/mol. The van der Waals surface area contributed by atoms with Gasteiger partial charge >= 0.3 is 0 Å². The van der Waals surface area contributed by atoms with Gasteiger partial charge < -0.3 is 14.4 Å². The standard InChI is InChI=1S/C23H27NO5S/c1-4-17-9-7-8-10-20(17)24(19-13-14-30(26,27)16-19)23(25)18-11-12-21(28-5-2)22(15-18)29-6-3/h7-15,19H,4-6,16H2,1-3H3/t19-/m0/s1. The van der Waals surface area contributed by atoms with Crippen LogP contribution in [0.2, 0.25) is 0 Å². The molecule has 7 heteroatoms. The van der Waals surface area contributed by atoms with Crippen LogP contribution in [0.1, 0.15) is 36.7 Å². The zero-order valence-corrected chi connectivity index (χ0v) is 18.3. The van der Waals surface area contributed by atoms with Crippen molar-refractivity contribution in [1.82, 2.24) is 0 Å². The third-order valence-electron chi connectivity index (χ3n) is 4.88. The highest BCUT2D eigenvalue weighted by Gasteiger charge is 2.33. The molecule has 3 rings (SSSR count). The van der Waals surface area contributed by atoms with E-state index in [1.54, 1.807) is 29.2 Å². The van der Waals surface area contributed by atoms with E-state index >= 15 is 0 Å². The number of sulfone groups is 1. The Hall–Kier alpha value is -2.80. The molecule has 0 saturated heterocycles. The van der Waals surface area contributed by atoms with Crippen LogP contribution in [0, 0.1) is 0 Å². The molecule has 0 radical (unpaired) electrons. The molecule has 2 aromatic rings. The van der Waals surface area contributed by atoms with E-state index < -0.39 is 15.9 Å². The zero-order chi connectivity index (χ0) is 21.7. The lowest BCUT2D eigenvalue weighted by Gasteiger charge is -2.30. The third-order valence-corrected chi connectivity index (χ3v) is 6.26. The van der Waals surface area contributed by atoms with Crippen molar-refractivity contribution in [1.29, 1.82) is 0 Å². The van der Waals surface area contributed by atoms with Gasteiger partial charge in [0.2, 0.25) is 0 Å². The van der Waals surface area contributed by atoms with Crippen LogP contribution < -0.4 is 14.4 Å². The first-order valence-electron chi connectivity index (χ1n) is 10.1. The van der Waals surface area contributed by atoms with E-state index in [0.29, 0.717) is 36.0 Å². The fraction of sp³-hybridized carbons (Fsp3) is 0.348. The van der Waals surface area contributed by atoms with Crippen LogP contribution in [0.5, 0.6) is 11.5 Å². The molecule has 1 amide bonds. The molecule has 0 N–H and O–H groups in total. The highest BCUT2D eigenvalue weighted by molar-refractivity contribution is 7.94. The molecular formula is C23H27NO5S. The van der Waals surface area contributed by atoms with E-state index in [0.717, 1.165) is 12.0 Å². The Morgan fingerprint density at radius 2 is 1.73 bits per heavy atom. The van der Waals surface area contributed by atoms with Gasteiger partial charge in [-0.1, -0.05) is 25.1 Å². The number of para-hydroxylation sites is 1. The molecule has 0 saturated carbocycles. The fourth-order valence-corrected chi connectivity index (χ4v) is 4.79. The second-order valence-electron chi connectivity index (χ2n) is 6.91. The van der Waals surface area contributed by atoms with Gasteiger partial charge in [0.25, 0.3) is 5.91 Å². The van der Waals surface area contributed by atoms with Crippen LogP contribution in [-0.4, -0.2) is 39.3 Å². The first kappa shape index (κ1) is 21.9. The van der Waals surface area contributed by atoms with E-state index in [4.69, 9.17) is 9.47 Å². The summed E-state index contributed by atoms with van der Waals surface area (Å²) in [4.78, 5) is 15.2. The largest absolute Gasteiger partial charge is 0.490 e. The molecule has 30 heavy (non-hydrogen) atoms. The van der Waals surface area contributed by atoms with Gasteiger partial charge in [0, 0.05) is 16.7 Å². The molecule has 0 spiro atoms. The summed E-state index contributed by atoms with van der Waals surface area (Å²) in [5.41, 5.74) is 2.09. The van der Waals surface area contributed by atoms with Gasteiger partial charge in [-0.3, -0.25) is 4.79 Å². The summed E-state index contributed by atoms with van der Waals surface area (Å²) in [6, 6.07) is 12.1. The normalized spacial score (nSPS) is 17.0. The summed E-state index contributed by atoms with van der Waals surface area (Å²) in [6.07, 6.45) is 2.30. The lowest BCUT2D eigenvalue weighted by molar-refractivity contribution is 0.0982. The highest BCUT2D eigenvalue weighted by Crippen LogP contribution is 2.32. The SMILES string of the molecule is CCOc1ccc(C(=O)N(c2ccccc2CC)[C@H]2C=CS(=O)(=O)C2)cc1OCC. The summed E-state index contributed by atoms with van der Waals surface area (Å²) >= 11 is 0. The van der Waals surface area contributed by atoms with Crippen LogP contribution in [-0.2, 0) is 16.3 Å². The molecule has 1 aliphatic rings. The lowest BCUT2D eigenvalue weighted by atomic mass is 10.1. The number of nitrogens with zero attached hydrogens (tertiary/aromatic N) is 1. The summed E-state index contributed by atoms with van der Waals surface area (Å²) in [5, 5.41) is 1.19. The van der Waals surface area contributed by atoms with E-state index in [-0.39, 0.29) is 11.7 Å². The summed E-state index contributed by atoms with van der Waals surface area (Å²) in [5.74, 6) is 0.640. The number of carbonyl (C=O) groups is 1. The smallest absolute Gasteiger partial charge is 0.259 e. The van der Waals surface area contributed by atoms with Gasteiger partial charge in [-0.2, -0.15) is 0 Å². The van der Waals surface area contributed by atoms with Gasteiger partial charge in [-0.15, -0.1) is 0 Å². The summed E-state index contributed by atoms with van der Waals surface area (Å²) < 4.78 is 35.4. The Labute approximate surface area is 178 Å². The molecule has 2 aromatic carbocycles. The molecule has 1 atom stereocenters. The van der Waals surface area contributed by atoms with Crippen molar-refractivity contribution in [3.63, 3.8) is 0 Å². The minimum Gasteiger partial charge on any atom is -0.490 e. The second kappa shape index (κ2) is 9.34. The van der Waals surface area contributed by atoms with E-state index in [1.165, 1.54) is 5.41 Å². The minimum absolute atomic E-state index is 0.133. The highest BCUT2D eigenvalue weighted by atomic mass is 32.2. The molecule has 160 valence electrons. The molecule has 0 fully saturated rings. The fourth-order valence-electron chi connectivity index (χ4n) is 3.53. The number of hydrogen-bond donors (Lipinski definition) is 0. The van der Waals surface area contributed by atoms with Crippen LogP contribution in [0.15, 0.2) is 53.9 Å².